The van der Waals surface area contributed by atoms with Crippen molar-refractivity contribution >= 4 is 11.9 Å². The monoisotopic (exact) mass is 412 g/mol. The maximum Gasteiger partial charge on any atom is 0.320 e. The predicted molar refractivity (Wildman–Crippen MR) is 118 cm³/mol. The standard InChI is InChI=1S/C24H36N4O2/c1-26(2)24(20-9-4-3-5-10-20)14-12-23(13-15-24)18-27(16-11-21(25)29)22(30)28(23)17-19-7-6-8-19/h3-5,9-10,19H,6-8,11-18H2,1-2H3,(H2,25,29). The van der Waals surface area contributed by atoms with E-state index in [2.05, 4.69) is 54.2 Å². The van der Waals surface area contributed by atoms with E-state index in [9.17, 15) is 9.59 Å². The highest BCUT2D eigenvalue weighted by Gasteiger charge is 2.54. The van der Waals surface area contributed by atoms with Crippen LogP contribution in [0.25, 0.3) is 0 Å². The Bertz CT molecular complexity index is 767. The number of carbonyl (C=O) groups excluding carboxylic acids is 2. The number of nitrogens with zero attached hydrogens (tertiary/aromatic N) is 3. The van der Waals surface area contributed by atoms with E-state index in [0.717, 1.165) is 38.8 Å². The van der Waals surface area contributed by atoms with E-state index in [1.54, 1.807) is 0 Å². The predicted octanol–water partition coefficient (Wildman–Crippen LogP) is 3.17. The molecule has 164 valence electrons. The largest absolute Gasteiger partial charge is 0.370 e. The van der Waals surface area contributed by atoms with Crippen LogP contribution in [0.3, 0.4) is 0 Å². The van der Waals surface area contributed by atoms with E-state index in [-0.39, 0.29) is 29.4 Å². The zero-order chi connectivity index (χ0) is 21.4. The summed E-state index contributed by atoms with van der Waals surface area (Å²) < 4.78 is 0. The molecule has 2 N–H and O–H groups in total. The third kappa shape index (κ3) is 3.70. The van der Waals surface area contributed by atoms with E-state index in [1.807, 2.05) is 4.90 Å². The summed E-state index contributed by atoms with van der Waals surface area (Å²) in [5.41, 5.74) is 6.64. The molecule has 2 saturated carbocycles. The fourth-order valence-corrected chi connectivity index (χ4v) is 5.81. The van der Waals surface area contributed by atoms with Crippen LogP contribution in [0.15, 0.2) is 30.3 Å². The summed E-state index contributed by atoms with van der Waals surface area (Å²) in [6, 6.07) is 10.9. The molecule has 1 spiro atoms. The average Bonchev–Trinajstić information content (AvgIpc) is 2.95. The molecule has 0 radical (unpaired) electrons. The first-order chi connectivity index (χ1) is 14.4. The Balaban J connectivity index is 1.56. The van der Waals surface area contributed by atoms with Crippen LogP contribution in [-0.2, 0) is 10.3 Å². The molecule has 6 nitrogen and oxygen atoms in total. The maximum atomic E-state index is 13.3. The number of hydrogen-bond acceptors (Lipinski definition) is 3. The molecule has 1 aromatic carbocycles. The van der Waals surface area contributed by atoms with Gasteiger partial charge >= 0.3 is 6.03 Å². The van der Waals surface area contributed by atoms with Gasteiger partial charge in [0.15, 0.2) is 0 Å². The van der Waals surface area contributed by atoms with Crippen LogP contribution < -0.4 is 5.73 Å². The molecule has 1 heterocycles. The van der Waals surface area contributed by atoms with Gasteiger partial charge in [-0.25, -0.2) is 4.79 Å². The third-order valence-electron chi connectivity index (χ3n) is 8.03. The zero-order valence-corrected chi connectivity index (χ0v) is 18.5. The van der Waals surface area contributed by atoms with E-state index < -0.39 is 0 Å². The van der Waals surface area contributed by atoms with Gasteiger partial charge < -0.3 is 15.5 Å². The van der Waals surface area contributed by atoms with E-state index in [1.165, 1.54) is 24.8 Å². The Morgan fingerprint density at radius 3 is 2.33 bits per heavy atom. The molecule has 3 amide bonds. The van der Waals surface area contributed by atoms with Crippen LogP contribution >= 0.6 is 0 Å². The summed E-state index contributed by atoms with van der Waals surface area (Å²) in [5.74, 6) is 0.296. The van der Waals surface area contributed by atoms with Crippen LogP contribution in [0.4, 0.5) is 4.79 Å². The minimum absolute atomic E-state index is 0.0122. The first-order valence-electron chi connectivity index (χ1n) is 11.4. The molecule has 3 fully saturated rings. The van der Waals surface area contributed by atoms with Crippen LogP contribution in [0, 0.1) is 5.92 Å². The lowest BCUT2D eigenvalue weighted by Crippen LogP contribution is -2.56. The topological polar surface area (TPSA) is 69.9 Å². The molecule has 1 aliphatic heterocycles. The van der Waals surface area contributed by atoms with Gasteiger partial charge in [-0.05, 0) is 64.1 Å². The highest BCUT2D eigenvalue weighted by molar-refractivity contribution is 5.80. The molecular weight excluding hydrogens is 376 g/mol. The highest BCUT2D eigenvalue weighted by Crippen LogP contribution is 2.49. The number of hydrogen-bond donors (Lipinski definition) is 1. The van der Waals surface area contributed by atoms with Crippen molar-refractivity contribution in [2.75, 3.05) is 33.7 Å². The molecule has 4 rings (SSSR count). The lowest BCUT2D eigenvalue weighted by atomic mass is 9.68. The normalized spacial score (nSPS) is 29.6. The second-order valence-corrected chi connectivity index (χ2v) is 9.84. The van der Waals surface area contributed by atoms with E-state index in [0.29, 0.717) is 12.5 Å². The molecule has 0 bridgehead atoms. The van der Waals surface area contributed by atoms with Gasteiger partial charge in [0.1, 0.15) is 0 Å². The SMILES string of the molecule is CN(C)C1(c2ccccc2)CCC2(CC1)CN(CCC(N)=O)C(=O)N2CC1CCC1. The highest BCUT2D eigenvalue weighted by atomic mass is 16.2. The molecule has 6 heteroatoms. The first kappa shape index (κ1) is 21.2. The van der Waals surface area contributed by atoms with Crippen molar-refractivity contribution in [1.82, 2.24) is 14.7 Å². The second kappa shape index (κ2) is 8.22. The van der Waals surface area contributed by atoms with Gasteiger partial charge in [-0.1, -0.05) is 36.8 Å². The zero-order valence-electron chi connectivity index (χ0n) is 18.5. The van der Waals surface area contributed by atoms with Gasteiger partial charge in [0.05, 0.1) is 5.54 Å². The third-order valence-corrected chi connectivity index (χ3v) is 8.03. The lowest BCUT2D eigenvalue weighted by Gasteiger charge is -2.51. The van der Waals surface area contributed by atoms with Gasteiger partial charge in [0.25, 0.3) is 0 Å². The number of amides is 3. The van der Waals surface area contributed by atoms with Gasteiger partial charge in [-0.15, -0.1) is 0 Å². The second-order valence-electron chi connectivity index (χ2n) is 9.84. The smallest absolute Gasteiger partial charge is 0.320 e. The quantitative estimate of drug-likeness (QED) is 0.748. The van der Waals surface area contributed by atoms with Gasteiger partial charge in [0.2, 0.25) is 5.91 Å². The first-order valence-corrected chi connectivity index (χ1v) is 11.4. The fourth-order valence-electron chi connectivity index (χ4n) is 5.81. The summed E-state index contributed by atoms with van der Waals surface area (Å²) in [4.78, 5) is 31.1. The Kier molecular flexibility index (Phi) is 5.80. The number of benzene rings is 1. The van der Waals surface area contributed by atoms with Gasteiger partial charge in [-0.3, -0.25) is 9.69 Å². The number of primary amides is 1. The van der Waals surface area contributed by atoms with Crippen LogP contribution in [0.1, 0.15) is 56.9 Å². The number of urea groups is 1. The molecule has 0 aromatic heterocycles. The van der Waals surface area contributed by atoms with E-state index in [4.69, 9.17) is 5.73 Å². The lowest BCUT2D eigenvalue weighted by molar-refractivity contribution is -0.118. The van der Waals surface area contributed by atoms with Crippen molar-refractivity contribution in [3.05, 3.63) is 35.9 Å². The van der Waals surface area contributed by atoms with Crippen LogP contribution in [-0.4, -0.2) is 65.9 Å². The minimum Gasteiger partial charge on any atom is -0.370 e. The van der Waals surface area contributed by atoms with Crippen molar-refractivity contribution in [3.8, 4) is 0 Å². The van der Waals surface area contributed by atoms with Gasteiger partial charge in [-0.2, -0.15) is 0 Å². The summed E-state index contributed by atoms with van der Waals surface area (Å²) >= 11 is 0. The molecule has 2 aliphatic carbocycles. The molecule has 3 aliphatic rings. The van der Waals surface area contributed by atoms with Crippen molar-refractivity contribution < 1.29 is 9.59 Å². The molecule has 1 aromatic rings. The Hall–Kier alpha value is -2.08. The maximum absolute atomic E-state index is 13.3. The van der Waals surface area contributed by atoms with Crippen molar-refractivity contribution in [3.63, 3.8) is 0 Å². The van der Waals surface area contributed by atoms with Crippen LogP contribution in [0.2, 0.25) is 0 Å². The van der Waals surface area contributed by atoms with Crippen molar-refractivity contribution in [2.45, 2.75) is 62.4 Å². The van der Waals surface area contributed by atoms with E-state index >= 15 is 0 Å². The summed E-state index contributed by atoms with van der Waals surface area (Å²) in [7, 11) is 4.35. The summed E-state index contributed by atoms with van der Waals surface area (Å²) in [6.07, 6.45) is 8.02. The number of carbonyl (C=O) groups is 2. The molecule has 1 saturated heterocycles. The van der Waals surface area contributed by atoms with Crippen molar-refractivity contribution in [2.24, 2.45) is 11.7 Å². The number of nitrogens with two attached hydrogens (primary N) is 1. The Labute approximate surface area is 180 Å². The summed E-state index contributed by atoms with van der Waals surface area (Å²) in [6.45, 7) is 2.03. The minimum atomic E-state index is -0.339. The Morgan fingerprint density at radius 1 is 1.13 bits per heavy atom. The number of rotatable bonds is 7. The fraction of sp³-hybridized carbons (Fsp3) is 0.667. The summed E-state index contributed by atoms with van der Waals surface area (Å²) in [5, 5.41) is 0. The molecule has 0 atom stereocenters. The Morgan fingerprint density at radius 2 is 1.80 bits per heavy atom. The van der Waals surface area contributed by atoms with Gasteiger partial charge in [0, 0.05) is 31.6 Å². The molecule has 0 unspecified atom stereocenters. The molecule has 30 heavy (non-hydrogen) atoms. The molecular formula is C24H36N4O2. The average molecular weight is 413 g/mol. The van der Waals surface area contributed by atoms with Crippen LogP contribution in [0.5, 0.6) is 0 Å². The van der Waals surface area contributed by atoms with Crippen molar-refractivity contribution in [1.29, 1.82) is 0 Å².